The smallest absolute Gasteiger partial charge is 0.265 e. The Labute approximate surface area is 182 Å². The number of benzene rings is 2. The number of oxime groups is 1. The van der Waals surface area contributed by atoms with Crippen LogP contribution in [0.2, 0.25) is 0 Å². The second-order valence-corrected chi connectivity index (χ2v) is 9.28. The number of hydrogen-bond donors (Lipinski definition) is 0. The Morgan fingerprint density at radius 3 is 1.93 bits per heavy atom. The Kier molecular flexibility index (Phi) is 11.2. The molecule has 0 spiro atoms. The molecule has 2 aromatic rings. The largest absolute Gasteiger partial charge is 0.358 e. The zero-order valence-electron chi connectivity index (χ0n) is 18.1. The summed E-state index contributed by atoms with van der Waals surface area (Å²) in [5.41, 5.74) is 1.93. The van der Waals surface area contributed by atoms with Crippen LogP contribution < -0.4 is 0 Å². The van der Waals surface area contributed by atoms with Crippen molar-refractivity contribution >= 4 is 16.3 Å². The lowest BCUT2D eigenvalue weighted by Gasteiger charge is -2.05. The molecule has 164 valence electrons. The van der Waals surface area contributed by atoms with Crippen molar-refractivity contribution in [3.63, 3.8) is 0 Å². The van der Waals surface area contributed by atoms with Gasteiger partial charge in [-0.15, -0.1) is 0 Å². The normalized spacial score (nSPS) is 11.8. The third-order valence-electron chi connectivity index (χ3n) is 5.17. The zero-order chi connectivity index (χ0) is 21.5. The van der Waals surface area contributed by atoms with E-state index in [1.807, 2.05) is 42.5 Å². The lowest BCUT2D eigenvalue weighted by molar-refractivity contribution is 0.341. The van der Waals surface area contributed by atoms with Crippen molar-refractivity contribution in [2.45, 2.75) is 82.4 Å². The van der Waals surface area contributed by atoms with Gasteiger partial charge in [0.1, 0.15) is 4.90 Å². The van der Waals surface area contributed by atoms with Crippen LogP contribution in [0.15, 0.2) is 64.6 Å². The van der Waals surface area contributed by atoms with Crippen molar-refractivity contribution in [2.75, 3.05) is 0 Å². The Morgan fingerprint density at radius 2 is 1.33 bits per heavy atom. The SMILES string of the molecule is CCCCCCCCCCCCc1ccc(S(=O)(=O)ON=Cc2ccccc2)cc1. The first-order valence-electron chi connectivity index (χ1n) is 11.2. The summed E-state index contributed by atoms with van der Waals surface area (Å²) >= 11 is 0. The molecule has 5 heteroatoms. The Hall–Kier alpha value is -2.14. The summed E-state index contributed by atoms with van der Waals surface area (Å²) in [5.74, 6) is 0. The molecule has 30 heavy (non-hydrogen) atoms. The van der Waals surface area contributed by atoms with E-state index in [1.165, 1.54) is 64.0 Å². The Balaban J connectivity index is 1.66. The maximum absolute atomic E-state index is 12.2. The highest BCUT2D eigenvalue weighted by Crippen LogP contribution is 2.16. The predicted molar refractivity (Wildman–Crippen MR) is 124 cm³/mol. The third-order valence-corrected chi connectivity index (χ3v) is 6.31. The Morgan fingerprint density at radius 1 is 0.767 bits per heavy atom. The number of rotatable bonds is 15. The summed E-state index contributed by atoms with van der Waals surface area (Å²) in [6.45, 7) is 2.25. The van der Waals surface area contributed by atoms with Crippen molar-refractivity contribution in [2.24, 2.45) is 5.16 Å². The van der Waals surface area contributed by atoms with Crippen LogP contribution in [0.3, 0.4) is 0 Å². The van der Waals surface area contributed by atoms with E-state index >= 15 is 0 Å². The van der Waals surface area contributed by atoms with Crippen molar-refractivity contribution < 1.29 is 12.7 Å². The highest BCUT2D eigenvalue weighted by atomic mass is 32.2. The molecule has 0 unspecified atom stereocenters. The maximum atomic E-state index is 12.2. The molecule has 4 nitrogen and oxygen atoms in total. The molecule has 0 aliphatic heterocycles. The molecule has 0 atom stereocenters. The van der Waals surface area contributed by atoms with Crippen LogP contribution in [0.1, 0.15) is 82.3 Å². The molecular weight excluding hydrogens is 394 g/mol. The molecule has 0 saturated carbocycles. The number of nitrogens with zero attached hydrogens (tertiary/aromatic N) is 1. The van der Waals surface area contributed by atoms with Crippen molar-refractivity contribution in [1.82, 2.24) is 0 Å². The minimum Gasteiger partial charge on any atom is -0.265 e. The average molecular weight is 430 g/mol. The van der Waals surface area contributed by atoms with E-state index in [0.717, 1.165) is 24.0 Å². The van der Waals surface area contributed by atoms with Crippen LogP contribution >= 0.6 is 0 Å². The zero-order valence-corrected chi connectivity index (χ0v) is 18.9. The fourth-order valence-electron chi connectivity index (χ4n) is 3.36. The van der Waals surface area contributed by atoms with E-state index in [4.69, 9.17) is 4.28 Å². The number of unbranched alkanes of at least 4 members (excludes halogenated alkanes) is 9. The summed E-state index contributed by atoms with van der Waals surface area (Å²) in [4.78, 5) is 0.125. The van der Waals surface area contributed by atoms with E-state index < -0.39 is 10.1 Å². The third kappa shape index (κ3) is 9.57. The molecule has 0 bridgehead atoms. The van der Waals surface area contributed by atoms with Gasteiger partial charge >= 0.3 is 10.1 Å². The fourth-order valence-corrected chi connectivity index (χ4v) is 4.07. The Bertz CT molecular complexity index is 830. The maximum Gasteiger partial charge on any atom is 0.358 e. The second kappa shape index (κ2) is 14.0. The first-order chi connectivity index (χ1) is 14.6. The molecule has 0 aliphatic rings. The molecule has 0 fully saturated rings. The van der Waals surface area contributed by atoms with E-state index in [2.05, 4.69) is 12.1 Å². The lowest BCUT2D eigenvalue weighted by Crippen LogP contribution is -2.03. The van der Waals surface area contributed by atoms with Gasteiger partial charge in [0.2, 0.25) is 0 Å². The van der Waals surface area contributed by atoms with E-state index in [0.29, 0.717) is 0 Å². The van der Waals surface area contributed by atoms with Crippen LogP contribution in [0, 0.1) is 0 Å². The van der Waals surface area contributed by atoms with Gasteiger partial charge < -0.3 is 0 Å². The minimum absolute atomic E-state index is 0.125. The predicted octanol–water partition coefficient (Wildman–Crippen LogP) is 6.89. The topological polar surface area (TPSA) is 55.7 Å². The molecule has 0 N–H and O–H groups in total. The van der Waals surface area contributed by atoms with Crippen LogP contribution in [0.4, 0.5) is 0 Å². The molecule has 2 aromatic carbocycles. The quantitative estimate of drug-likeness (QED) is 0.176. The summed E-state index contributed by atoms with van der Waals surface area (Å²) in [6.07, 6.45) is 15.5. The fraction of sp³-hybridized carbons (Fsp3) is 0.480. The summed E-state index contributed by atoms with van der Waals surface area (Å²) in [6, 6.07) is 16.1. The number of aryl methyl sites for hydroxylation is 1. The molecule has 0 heterocycles. The highest BCUT2D eigenvalue weighted by Gasteiger charge is 2.15. The molecule has 0 aromatic heterocycles. The summed E-state index contributed by atoms with van der Waals surface area (Å²) in [7, 11) is -3.89. The van der Waals surface area contributed by atoms with Gasteiger partial charge in [0.05, 0.1) is 6.21 Å². The molecular formula is C25H35NO3S. The monoisotopic (exact) mass is 429 g/mol. The van der Waals surface area contributed by atoms with Gasteiger partial charge in [-0.3, -0.25) is 4.28 Å². The van der Waals surface area contributed by atoms with Gasteiger partial charge in [-0.25, -0.2) is 0 Å². The van der Waals surface area contributed by atoms with Gasteiger partial charge in [-0.2, -0.15) is 8.42 Å². The van der Waals surface area contributed by atoms with E-state index in [-0.39, 0.29) is 4.90 Å². The van der Waals surface area contributed by atoms with Gasteiger partial charge in [0, 0.05) is 0 Å². The summed E-state index contributed by atoms with van der Waals surface area (Å²) < 4.78 is 29.3. The average Bonchev–Trinajstić information content (AvgIpc) is 2.76. The van der Waals surface area contributed by atoms with Gasteiger partial charge in [0.25, 0.3) is 0 Å². The van der Waals surface area contributed by atoms with Gasteiger partial charge in [0.15, 0.2) is 0 Å². The van der Waals surface area contributed by atoms with Gasteiger partial charge in [-0.05, 0) is 36.1 Å². The second-order valence-electron chi connectivity index (χ2n) is 7.75. The van der Waals surface area contributed by atoms with Crippen molar-refractivity contribution in [3.05, 3.63) is 65.7 Å². The summed E-state index contributed by atoms with van der Waals surface area (Å²) in [5, 5.41) is 3.60. The van der Waals surface area contributed by atoms with Crippen molar-refractivity contribution in [1.29, 1.82) is 0 Å². The van der Waals surface area contributed by atoms with Crippen LogP contribution in [-0.2, 0) is 20.8 Å². The first-order valence-corrected chi connectivity index (χ1v) is 12.6. The van der Waals surface area contributed by atoms with Crippen LogP contribution in [0.5, 0.6) is 0 Å². The van der Waals surface area contributed by atoms with E-state index in [9.17, 15) is 8.42 Å². The first kappa shape index (κ1) is 24.1. The standard InChI is InChI=1S/C25H35NO3S/c1-2-3-4-5-6-7-8-9-10-12-15-23-18-20-25(21-19-23)30(27,28)29-26-22-24-16-13-11-14-17-24/h11,13-14,16-22H,2-10,12,15H2,1H3. The van der Waals surface area contributed by atoms with Crippen LogP contribution in [0.25, 0.3) is 0 Å². The number of hydrogen-bond acceptors (Lipinski definition) is 4. The molecule has 0 radical (unpaired) electrons. The van der Waals surface area contributed by atoms with Crippen LogP contribution in [-0.4, -0.2) is 14.6 Å². The highest BCUT2D eigenvalue weighted by molar-refractivity contribution is 7.86. The lowest BCUT2D eigenvalue weighted by atomic mass is 10.0. The van der Waals surface area contributed by atoms with E-state index in [1.54, 1.807) is 12.1 Å². The van der Waals surface area contributed by atoms with Crippen molar-refractivity contribution in [3.8, 4) is 0 Å². The van der Waals surface area contributed by atoms with Gasteiger partial charge in [-0.1, -0.05) is 112 Å². The minimum atomic E-state index is -3.89. The molecule has 0 saturated heterocycles. The molecule has 0 aliphatic carbocycles. The molecule has 2 rings (SSSR count). The molecule has 0 amide bonds.